The van der Waals surface area contributed by atoms with Gasteiger partial charge in [0.15, 0.2) is 0 Å². The summed E-state index contributed by atoms with van der Waals surface area (Å²) in [5.41, 5.74) is 11.6. The zero-order valence-electron chi connectivity index (χ0n) is 24.5. The number of hydrogen-bond acceptors (Lipinski definition) is 3. The molecule has 4 heteroatoms. The molecule has 3 N–H and O–H groups in total. The van der Waals surface area contributed by atoms with Gasteiger partial charge in [-0.1, -0.05) is 109 Å². The first-order valence-corrected chi connectivity index (χ1v) is 16.1. The van der Waals surface area contributed by atoms with E-state index in [0.29, 0.717) is 6.54 Å². The Morgan fingerprint density at radius 3 is 1.98 bits per heavy atom. The van der Waals surface area contributed by atoms with Gasteiger partial charge in [-0.25, -0.2) is 5.84 Å². The number of para-hydroxylation sites is 1. The molecule has 0 saturated heterocycles. The lowest BCUT2D eigenvalue weighted by molar-refractivity contribution is 0.879. The standard InChI is InChI=1S/C41H29N3S/c42-43-41-37(25-44-38-17-9-8-16-32(38)35-21-29-14-6-7-15-30(29)22-39(35)44)36-23-33(31-19-18-26-10-4-5-13-28(26)20-31)34(24-40(36)45-41)27-11-2-1-3-12-27/h1-24,43H,25,42H2. The van der Waals surface area contributed by atoms with E-state index >= 15 is 0 Å². The molecule has 3 nitrogen and oxygen atoms in total. The summed E-state index contributed by atoms with van der Waals surface area (Å²) in [4.78, 5) is 0. The van der Waals surface area contributed by atoms with Gasteiger partial charge >= 0.3 is 0 Å². The van der Waals surface area contributed by atoms with Crippen LogP contribution in [0.4, 0.5) is 5.00 Å². The van der Waals surface area contributed by atoms with Crippen LogP contribution in [0.5, 0.6) is 0 Å². The first kappa shape index (κ1) is 26.0. The topological polar surface area (TPSA) is 43.0 Å². The van der Waals surface area contributed by atoms with Gasteiger partial charge in [0.05, 0.1) is 12.1 Å². The molecule has 0 radical (unpaired) electrons. The summed E-state index contributed by atoms with van der Waals surface area (Å²) < 4.78 is 3.67. The highest BCUT2D eigenvalue weighted by molar-refractivity contribution is 7.23. The summed E-state index contributed by atoms with van der Waals surface area (Å²) in [7, 11) is 0. The molecule has 0 spiro atoms. The number of nitrogen functional groups attached to an aromatic ring is 1. The molecular formula is C41H29N3S. The second-order valence-electron chi connectivity index (χ2n) is 11.7. The molecule has 0 bridgehead atoms. The highest BCUT2D eigenvalue weighted by Gasteiger charge is 2.20. The Morgan fingerprint density at radius 1 is 0.511 bits per heavy atom. The van der Waals surface area contributed by atoms with Crippen LogP contribution in [0, 0.1) is 0 Å². The van der Waals surface area contributed by atoms with Crippen molar-refractivity contribution in [2.45, 2.75) is 6.54 Å². The lowest BCUT2D eigenvalue weighted by Crippen LogP contribution is -2.09. The number of nitrogens with two attached hydrogens (primary N) is 1. The maximum absolute atomic E-state index is 6.25. The molecule has 0 aliphatic heterocycles. The fourth-order valence-electron chi connectivity index (χ4n) is 6.98. The molecule has 0 aliphatic carbocycles. The molecule has 0 atom stereocenters. The summed E-state index contributed by atoms with van der Waals surface area (Å²) in [6, 6.07) is 52.8. The van der Waals surface area contributed by atoms with Crippen molar-refractivity contribution in [3.63, 3.8) is 0 Å². The lowest BCUT2D eigenvalue weighted by Gasteiger charge is -2.14. The Morgan fingerprint density at radius 2 is 1.18 bits per heavy atom. The van der Waals surface area contributed by atoms with Crippen molar-refractivity contribution in [2.75, 3.05) is 5.43 Å². The molecule has 2 heterocycles. The van der Waals surface area contributed by atoms with Gasteiger partial charge in [-0.2, -0.15) is 0 Å². The highest BCUT2D eigenvalue weighted by atomic mass is 32.1. The first-order chi connectivity index (χ1) is 22.2. The summed E-state index contributed by atoms with van der Waals surface area (Å²) in [5.74, 6) is 6.25. The largest absolute Gasteiger partial charge is 0.336 e. The summed E-state index contributed by atoms with van der Waals surface area (Å²) in [6.07, 6.45) is 0. The molecule has 7 aromatic carbocycles. The van der Waals surface area contributed by atoms with Crippen LogP contribution in [0.2, 0.25) is 0 Å². The number of aromatic nitrogens is 1. The maximum atomic E-state index is 6.25. The number of benzene rings is 7. The third-order valence-electron chi connectivity index (χ3n) is 9.16. The number of rotatable bonds is 5. The predicted molar refractivity (Wildman–Crippen MR) is 194 cm³/mol. The SMILES string of the molecule is NNc1sc2cc(-c3ccccc3)c(-c3ccc4ccccc4c3)cc2c1Cn1c2ccccc2c2cc3ccccc3cc21. The van der Waals surface area contributed by atoms with Crippen LogP contribution < -0.4 is 11.3 Å². The van der Waals surface area contributed by atoms with E-state index in [0.717, 1.165) is 5.00 Å². The Labute approximate surface area is 264 Å². The van der Waals surface area contributed by atoms with Crippen molar-refractivity contribution in [1.29, 1.82) is 0 Å². The average Bonchev–Trinajstić information content (AvgIpc) is 3.61. The monoisotopic (exact) mass is 595 g/mol. The Kier molecular flexibility index (Phi) is 5.98. The predicted octanol–water partition coefficient (Wildman–Crippen LogP) is 11.0. The van der Waals surface area contributed by atoms with Gasteiger partial charge in [0.1, 0.15) is 5.00 Å². The van der Waals surface area contributed by atoms with Gasteiger partial charge in [-0.05, 0) is 80.2 Å². The maximum Gasteiger partial charge on any atom is 0.109 e. The number of nitrogens with one attached hydrogen (secondary N) is 1. The van der Waals surface area contributed by atoms with Crippen molar-refractivity contribution in [1.82, 2.24) is 4.57 Å². The van der Waals surface area contributed by atoms with Gasteiger partial charge in [-0.3, -0.25) is 0 Å². The first-order valence-electron chi connectivity index (χ1n) is 15.3. The van der Waals surface area contributed by atoms with E-state index in [2.05, 4.69) is 156 Å². The van der Waals surface area contributed by atoms with Crippen LogP contribution >= 0.6 is 11.3 Å². The summed E-state index contributed by atoms with van der Waals surface area (Å²) in [6.45, 7) is 0.698. The quantitative estimate of drug-likeness (QED) is 0.154. The van der Waals surface area contributed by atoms with E-state index in [-0.39, 0.29) is 0 Å². The minimum absolute atomic E-state index is 0.698. The average molecular weight is 596 g/mol. The molecule has 9 rings (SSSR count). The molecule has 0 saturated carbocycles. The number of nitrogens with zero attached hydrogens (tertiary/aromatic N) is 1. The molecule has 214 valence electrons. The van der Waals surface area contributed by atoms with E-state index in [4.69, 9.17) is 5.84 Å². The van der Waals surface area contributed by atoms with Gasteiger partial charge in [0.2, 0.25) is 0 Å². The van der Waals surface area contributed by atoms with E-state index in [1.54, 1.807) is 11.3 Å². The third-order valence-corrected chi connectivity index (χ3v) is 10.3. The smallest absolute Gasteiger partial charge is 0.109 e. The van der Waals surface area contributed by atoms with E-state index in [1.807, 2.05) is 0 Å². The number of hydrazine groups is 1. The number of thiophene rings is 1. The van der Waals surface area contributed by atoms with Crippen molar-refractivity contribution in [3.8, 4) is 22.3 Å². The van der Waals surface area contributed by atoms with Gasteiger partial charge in [0.25, 0.3) is 0 Å². The van der Waals surface area contributed by atoms with Crippen molar-refractivity contribution < 1.29 is 0 Å². The van der Waals surface area contributed by atoms with E-state index < -0.39 is 0 Å². The molecule has 2 aromatic heterocycles. The summed E-state index contributed by atoms with van der Waals surface area (Å²) >= 11 is 1.72. The molecule has 0 fully saturated rings. The van der Waals surface area contributed by atoms with E-state index in [9.17, 15) is 0 Å². The Bertz CT molecular complexity index is 2560. The Balaban J connectivity index is 1.30. The van der Waals surface area contributed by atoms with Gasteiger partial charge in [-0.15, -0.1) is 11.3 Å². The highest BCUT2D eigenvalue weighted by Crippen LogP contribution is 2.44. The molecular weight excluding hydrogens is 567 g/mol. The van der Waals surface area contributed by atoms with Crippen molar-refractivity contribution in [2.24, 2.45) is 5.84 Å². The second-order valence-corrected chi connectivity index (χ2v) is 12.7. The normalized spacial score (nSPS) is 11.8. The molecule has 9 aromatic rings. The van der Waals surface area contributed by atoms with Crippen LogP contribution in [0.25, 0.3) is 75.7 Å². The van der Waals surface area contributed by atoms with Crippen molar-refractivity contribution >= 4 is 69.8 Å². The second kappa shape index (κ2) is 10.3. The number of hydrogen-bond donors (Lipinski definition) is 2. The fourth-order valence-corrected chi connectivity index (χ4v) is 8.03. The van der Waals surface area contributed by atoms with Crippen LogP contribution in [0.3, 0.4) is 0 Å². The molecule has 0 unspecified atom stereocenters. The molecule has 0 aliphatic rings. The Hall–Kier alpha value is -5.42. The van der Waals surface area contributed by atoms with Crippen LogP contribution in [0.1, 0.15) is 5.56 Å². The van der Waals surface area contributed by atoms with Gasteiger partial charge < -0.3 is 9.99 Å². The van der Waals surface area contributed by atoms with Crippen LogP contribution in [0.15, 0.2) is 146 Å². The van der Waals surface area contributed by atoms with E-state index in [1.165, 1.54) is 81.3 Å². The number of anilines is 1. The van der Waals surface area contributed by atoms with Crippen LogP contribution in [-0.2, 0) is 6.54 Å². The summed E-state index contributed by atoms with van der Waals surface area (Å²) in [5, 5.41) is 9.74. The lowest BCUT2D eigenvalue weighted by atomic mass is 9.91. The molecule has 45 heavy (non-hydrogen) atoms. The van der Waals surface area contributed by atoms with Crippen molar-refractivity contribution in [3.05, 3.63) is 151 Å². The minimum atomic E-state index is 0.698. The minimum Gasteiger partial charge on any atom is -0.336 e. The molecule has 0 amide bonds. The van der Waals surface area contributed by atoms with Crippen LogP contribution in [-0.4, -0.2) is 4.57 Å². The third kappa shape index (κ3) is 4.22. The number of fused-ring (bicyclic) bond motifs is 6. The van der Waals surface area contributed by atoms with Gasteiger partial charge in [0, 0.05) is 31.9 Å². The fraction of sp³-hybridized carbons (Fsp3) is 0.0244. The zero-order valence-corrected chi connectivity index (χ0v) is 25.3. The zero-order chi connectivity index (χ0) is 29.9.